The highest BCUT2D eigenvalue weighted by Gasteiger charge is 2.16. The van der Waals surface area contributed by atoms with E-state index in [0.29, 0.717) is 5.82 Å². The van der Waals surface area contributed by atoms with Crippen LogP contribution in [0.4, 0.5) is 10.1 Å². The van der Waals surface area contributed by atoms with E-state index in [2.05, 4.69) is 15.5 Å². The van der Waals surface area contributed by atoms with Gasteiger partial charge in [-0.3, -0.25) is 14.9 Å². The summed E-state index contributed by atoms with van der Waals surface area (Å²) < 4.78 is 15.0. The molecule has 0 aliphatic rings. The number of aryl methyl sites for hydroxylation is 1. The van der Waals surface area contributed by atoms with Crippen molar-refractivity contribution in [1.29, 1.82) is 0 Å². The third kappa shape index (κ3) is 2.76. The predicted octanol–water partition coefficient (Wildman–Crippen LogP) is 0.792. The Hall–Kier alpha value is -2.84. The van der Waals surface area contributed by atoms with Gasteiger partial charge in [-0.1, -0.05) is 0 Å². The van der Waals surface area contributed by atoms with Crippen molar-refractivity contribution in [3.63, 3.8) is 0 Å². The minimum absolute atomic E-state index is 0.00438. The largest absolute Gasteiger partial charge is 0.345 e. The van der Waals surface area contributed by atoms with Gasteiger partial charge in [0.1, 0.15) is 6.33 Å². The summed E-state index contributed by atoms with van der Waals surface area (Å²) in [6.07, 6.45) is 1.48. The fourth-order valence-electron chi connectivity index (χ4n) is 1.52. The Kier molecular flexibility index (Phi) is 3.69. The third-order valence-electron chi connectivity index (χ3n) is 2.62. The van der Waals surface area contributed by atoms with E-state index in [4.69, 9.17) is 0 Å². The first-order chi connectivity index (χ1) is 9.49. The minimum Gasteiger partial charge on any atom is -0.345 e. The first-order valence-electron chi connectivity index (χ1n) is 5.54. The average Bonchev–Trinajstić information content (AvgIpc) is 2.81. The van der Waals surface area contributed by atoms with Gasteiger partial charge in [0.2, 0.25) is 5.82 Å². The Balaban J connectivity index is 2.08. The lowest BCUT2D eigenvalue weighted by atomic mass is 10.2. The summed E-state index contributed by atoms with van der Waals surface area (Å²) in [5.74, 6) is -1.08. The number of carbonyl (C=O) groups excluding carboxylic acids is 1. The number of amides is 1. The van der Waals surface area contributed by atoms with Gasteiger partial charge in [0.25, 0.3) is 5.91 Å². The molecule has 9 heteroatoms. The van der Waals surface area contributed by atoms with Crippen molar-refractivity contribution in [2.24, 2.45) is 7.05 Å². The SMILES string of the molecule is Cn1cnnc1CNC(=O)c1ccc([N+](=O)[O-])c(F)c1. The maximum absolute atomic E-state index is 13.4. The fourth-order valence-corrected chi connectivity index (χ4v) is 1.52. The number of hydrogen-bond donors (Lipinski definition) is 1. The zero-order valence-corrected chi connectivity index (χ0v) is 10.4. The quantitative estimate of drug-likeness (QED) is 0.658. The second-order valence-corrected chi connectivity index (χ2v) is 3.96. The van der Waals surface area contributed by atoms with Gasteiger partial charge in [0.05, 0.1) is 11.5 Å². The van der Waals surface area contributed by atoms with Crippen molar-refractivity contribution in [2.45, 2.75) is 6.54 Å². The monoisotopic (exact) mass is 279 g/mol. The van der Waals surface area contributed by atoms with Gasteiger partial charge in [-0.25, -0.2) is 0 Å². The summed E-state index contributed by atoms with van der Waals surface area (Å²) >= 11 is 0. The van der Waals surface area contributed by atoms with Crippen molar-refractivity contribution in [1.82, 2.24) is 20.1 Å². The first kappa shape index (κ1) is 13.6. The first-order valence-corrected chi connectivity index (χ1v) is 5.54. The molecule has 0 saturated heterocycles. The maximum Gasteiger partial charge on any atom is 0.304 e. The molecule has 104 valence electrons. The van der Waals surface area contributed by atoms with Crippen LogP contribution in [-0.4, -0.2) is 25.6 Å². The summed E-state index contributed by atoms with van der Waals surface area (Å²) in [5, 5.41) is 20.4. The Morgan fingerprint density at radius 2 is 2.30 bits per heavy atom. The van der Waals surface area contributed by atoms with Crippen molar-refractivity contribution < 1.29 is 14.1 Å². The van der Waals surface area contributed by atoms with Gasteiger partial charge in [0.15, 0.2) is 5.82 Å². The molecule has 0 saturated carbocycles. The number of nitrogens with zero attached hydrogens (tertiary/aromatic N) is 4. The number of benzene rings is 1. The van der Waals surface area contributed by atoms with E-state index in [0.717, 1.165) is 12.1 Å². The molecule has 1 N–H and O–H groups in total. The number of carbonyl (C=O) groups is 1. The number of halogens is 1. The van der Waals surface area contributed by atoms with Crippen LogP contribution < -0.4 is 5.32 Å². The smallest absolute Gasteiger partial charge is 0.304 e. The number of aromatic nitrogens is 3. The van der Waals surface area contributed by atoms with Gasteiger partial charge < -0.3 is 9.88 Å². The molecule has 0 spiro atoms. The minimum atomic E-state index is -1.05. The molecule has 0 aliphatic heterocycles. The number of nitro benzene ring substituents is 1. The van der Waals surface area contributed by atoms with E-state index < -0.39 is 22.3 Å². The number of rotatable bonds is 4. The van der Waals surface area contributed by atoms with E-state index in [-0.39, 0.29) is 12.1 Å². The molecule has 20 heavy (non-hydrogen) atoms. The average molecular weight is 279 g/mol. The summed E-state index contributed by atoms with van der Waals surface area (Å²) in [4.78, 5) is 21.4. The molecule has 1 amide bonds. The van der Waals surface area contributed by atoms with Crippen LogP contribution in [0.3, 0.4) is 0 Å². The topological polar surface area (TPSA) is 103 Å². The molecule has 1 aromatic carbocycles. The molecule has 0 aliphatic carbocycles. The zero-order valence-electron chi connectivity index (χ0n) is 10.4. The molecule has 0 fully saturated rings. The van der Waals surface area contributed by atoms with Crippen LogP contribution in [0.5, 0.6) is 0 Å². The molecule has 0 unspecified atom stereocenters. The van der Waals surface area contributed by atoms with Gasteiger partial charge in [0, 0.05) is 18.7 Å². The molecular formula is C11H10FN5O3. The van der Waals surface area contributed by atoms with Crippen LogP contribution in [0.1, 0.15) is 16.2 Å². The summed E-state index contributed by atoms with van der Waals surface area (Å²) in [6.45, 7) is 0.119. The molecule has 2 rings (SSSR count). The van der Waals surface area contributed by atoms with E-state index in [1.165, 1.54) is 12.4 Å². The predicted molar refractivity (Wildman–Crippen MR) is 65.2 cm³/mol. The Morgan fingerprint density at radius 1 is 1.55 bits per heavy atom. The molecule has 1 heterocycles. The van der Waals surface area contributed by atoms with Gasteiger partial charge in [-0.05, 0) is 12.1 Å². The standard InChI is InChI=1S/C11H10FN5O3/c1-16-6-14-15-10(16)5-13-11(18)7-2-3-9(17(19)20)8(12)4-7/h2-4,6H,5H2,1H3,(H,13,18). The fraction of sp³-hybridized carbons (Fsp3) is 0.182. The Labute approximate surface area is 112 Å². The van der Waals surface area contributed by atoms with Crippen LogP contribution in [0.15, 0.2) is 24.5 Å². The lowest BCUT2D eigenvalue weighted by Crippen LogP contribution is -2.24. The van der Waals surface area contributed by atoms with Crippen molar-refractivity contribution in [2.75, 3.05) is 0 Å². The lowest BCUT2D eigenvalue weighted by Gasteiger charge is -2.05. The number of nitrogens with one attached hydrogen (secondary N) is 1. The summed E-state index contributed by atoms with van der Waals surface area (Å²) in [6, 6.07) is 2.96. The van der Waals surface area contributed by atoms with Gasteiger partial charge >= 0.3 is 5.69 Å². The third-order valence-corrected chi connectivity index (χ3v) is 2.62. The highest BCUT2D eigenvalue weighted by atomic mass is 19.1. The molecule has 0 bridgehead atoms. The highest BCUT2D eigenvalue weighted by molar-refractivity contribution is 5.94. The van der Waals surface area contributed by atoms with Crippen LogP contribution in [-0.2, 0) is 13.6 Å². The lowest BCUT2D eigenvalue weighted by molar-refractivity contribution is -0.387. The van der Waals surface area contributed by atoms with Crippen molar-refractivity contribution in [3.05, 3.63) is 51.8 Å². The van der Waals surface area contributed by atoms with Crippen LogP contribution in [0.25, 0.3) is 0 Å². The number of nitro groups is 1. The molecule has 0 atom stereocenters. The van der Waals surface area contributed by atoms with E-state index in [9.17, 15) is 19.3 Å². The molecule has 1 aromatic heterocycles. The number of hydrogen-bond acceptors (Lipinski definition) is 5. The van der Waals surface area contributed by atoms with Crippen molar-refractivity contribution >= 4 is 11.6 Å². The van der Waals surface area contributed by atoms with E-state index >= 15 is 0 Å². The van der Waals surface area contributed by atoms with Crippen LogP contribution in [0, 0.1) is 15.9 Å². The highest BCUT2D eigenvalue weighted by Crippen LogP contribution is 2.17. The second kappa shape index (κ2) is 5.43. The Bertz CT molecular complexity index is 670. The Morgan fingerprint density at radius 3 is 2.85 bits per heavy atom. The van der Waals surface area contributed by atoms with Crippen LogP contribution in [0.2, 0.25) is 0 Å². The van der Waals surface area contributed by atoms with Gasteiger partial charge in [-0.15, -0.1) is 10.2 Å². The van der Waals surface area contributed by atoms with Crippen LogP contribution >= 0.6 is 0 Å². The molecule has 2 aromatic rings. The maximum atomic E-state index is 13.4. The normalized spacial score (nSPS) is 10.3. The van der Waals surface area contributed by atoms with E-state index in [1.807, 2.05) is 0 Å². The molecule has 8 nitrogen and oxygen atoms in total. The molecular weight excluding hydrogens is 269 g/mol. The van der Waals surface area contributed by atoms with Gasteiger partial charge in [-0.2, -0.15) is 4.39 Å². The van der Waals surface area contributed by atoms with E-state index in [1.54, 1.807) is 11.6 Å². The van der Waals surface area contributed by atoms with Crippen molar-refractivity contribution in [3.8, 4) is 0 Å². The summed E-state index contributed by atoms with van der Waals surface area (Å²) in [5.41, 5.74) is -0.676. The second-order valence-electron chi connectivity index (χ2n) is 3.96. The zero-order chi connectivity index (χ0) is 14.7. The summed E-state index contributed by atoms with van der Waals surface area (Å²) in [7, 11) is 1.72. The molecule has 0 radical (unpaired) electrons.